The fourth-order valence-electron chi connectivity index (χ4n) is 5.11. The molecule has 0 bridgehead atoms. The lowest BCUT2D eigenvalue weighted by molar-refractivity contribution is -0.136. The maximum absolute atomic E-state index is 14.0. The minimum absolute atomic E-state index is 0.0354. The minimum atomic E-state index is -4.20. The molecule has 5 rings (SSSR count). The number of benzene rings is 1. The Kier molecular flexibility index (Phi) is 4.84. The highest BCUT2D eigenvalue weighted by molar-refractivity contribution is 6.09. The van der Waals surface area contributed by atoms with E-state index in [0.717, 1.165) is 42.6 Å². The number of rotatable bonds is 5. The van der Waals surface area contributed by atoms with Gasteiger partial charge >= 0.3 is 6.18 Å². The van der Waals surface area contributed by atoms with Gasteiger partial charge in [0.05, 0.1) is 17.9 Å². The highest BCUT2D eigenvalue weighted by Gasteiger charge is 2.55. The summed E-state index contributed by atoms with van der Waals surface area (Å²) in [6, 6.07) is 4.41. The molecule has 1 saturated heterocycles. The van der Waals surface area contributed by atoms with Crippen molar-refractivity contribution in [3.63, 3.8) is 0 Å². The third-order valence-electron chi connectivity index (χ3n) is 6.73. The van der Waals surface area contributed by atoms with Crippen LogP contribution in [0.15, 0.2) is 18.2 Å². The number of carbonyl (C=O) groups excluding carboxylic acids is 1. The van der Waals surface area contributed by atoms with E-state index in [1.807, 2.05) is 4.57 Å². The van der Waals surface area contributed by atoms with Gasteiger partial charge in [0.25, 0.3) is 0 Å². The highest BCUT2D eigenvalue weighted by atomic mass is 19.4. The van der Waals surface area contributed by atoms with Gasteiger partial charge in [-0.05, 0) is 49.8 Å². The Morgan fingerprint density at radius 1 is 1.16 bits per heavy atom. The molecule has 2 aliphatic heterocycles. The van der Waals surface area contributed by atoms with Gasteiger partial charge in [0.15, 0.2) is 0 Å². The average molecular weight is 436 g/mol. The minimum Gasteiger partial charge on any atom is -0.330 e. The van der Waals surface area contributed by atoms with E-state index < -0.39 is 23.8 Å². The molecule has 0 unspecified atom stereocenters. The first-order chi connectivity index (χ1) is 14.8. The van der Waals surface area contributed by atoms with Crippen molar-refractivity contribution in [1.29, 1.82) is 0 Å². The van der Waals surface area contributed by atoms with E-state index in [-0.39, 0.29) is 25.4 Å². The van der Waals surface area contributed by atoms with E-state index >= 15 is 0 Å². The predicted octanol–water partition coefficient (Wildman–Crippen LogP) is 3.63. The highest BCUT2D eigenvalue weighted by Crippen LogP contribution is 2.45. The van der Waals surface area contributed by atoms with Gasteiger partial charge in [-0.25, -0.2) is 9.37 Å². The van der Waals surface area contributed by atoms with Crippen molar-refractivity contribution in [3.05, 3.63) is 46.8 Å². The predicted molar refractivity (Wildman–Crippen MR) is 106 cm³/mol. The largest absolute Gasteiger partial charge is 0.389 e. The maximum Gasteiger partial charge on any atom is 0.389 e. The molecule has 1 aromatic heterocycles. The van der Waals surface area contributed by atoms with Crippen LogP contribution in [0, 0.1) is 5.82 Å². The van der Waals surface area contributed by atoms with Crippen molar-refractivity contribution in [2.24, 2.45) is 0 Å². The van der Waals surface area contributed by atoms with Crippen molar-refractivity contribution in [2.75, 3.05) is 18.0 Å². The Hall–Kier alpha value is -2.42. The second kappa shape index (κ2) is 7.32. The zero-order valence-electron chi connectivity index (χ0n) is 17.1. The summed E-state index contributed by atoms with van der Waals surface area (Å²) >= 11 is 0. The third kappa shape index (κ3) is 3.43. The van der Waals surface area contributed by atoms with Crippen molar-refractivity contribution in [3.8, 4) is 0 Å². The Morgan fingerprint density at radius 2 is 1.94 bits per heavy atom. The van der Waals surface area contributed by atoms with E-state index in [0.29, 0.717) is 24.6 Å². The summed E-state index contributed by atoms with van der Waals surface area (Å²) in [5.74, 6) is 0.0605. The van der Waals surface area contributed by atoms with Crippen LogP contribution in [0.3, 0.4) is 0 Å². The fraction of sp³-hybridized carbons (Fsp3) is 0.545. The Balaban J connectivity index is 1.48. The molecule has 0 radical (unpaired) electrons. The van der Waals surface area contributed by atoms with Crippen molar-refractivity contribution in [2.45, 2.75) is 63.2 Å². The number of aryl methyl sites for hydroxylation is 1. The van der Waals surface area contributed by atoms with Crippen LogP contribution in [0.1, 0.15) is 48.5 Å². The smallest absolute Gasteiger partial charge is 0.330 e. The number of imidazole rings is 1. The van der Waals surface area contributed by atoms with E-state index in [4.69, 9.17) is 4.98 Å². The molecule has 0 saturated carbocycles. The topological polar surface area (TPSA) is 50.2 Å². The number of alkyl halides is 3. The monoisotopic (exact) mass is 436 g/mol. The number of amides is 1. The molecular formula is C22H24F4N4O. The van der Waals surface area contributed by atoms with Crippen LogP contribution < -0.4 is 10.2 Å². The van der Waals surface area contributed by atoms with Gasteiger partial charge < -0.3 is 14.8 Å². The first-order valence-corrected chi connectivity index (χ1v) is 10.8. The zero-order valence-corrected chi connectivity index (χ0v) is 17.1. The lowest BCUT2D eigenvalue weighted by Crippen LogP contribution is -2.61. The molecule has 1 aliphatic carbocycles. The Labute approximate surface area is 177 Å². The van der Waals surface area contributed by atoms with E-state index in [2.05, 4.69) is 5.32 Å². The van der Waals surface area contributed by atoms with Gasteiger partial charge in [0.1, 0.15) is 17.1 Å². The van der Waals surface area contributed by atoms with Gasteiger partial charge in [0, 0.05) is 31.7 Å². The number of fused-ring (bicyclic) bond motifs is 3. The van der Waals surface area contributed by atoms with Crippen LogP contribution in [0.2, 0.25) is 0 Å². The second-order valence-electron chi connectivity index (χ2n) is 8.74. The molecule has 0 atom stereocenters. The lowest BCUT2D eigenvalue weighted by atomic mass is 9.76. The standard InChI is InChI=1S/C22H24F4N4O/c23-14-6-7-15-18(10-14)30(20(31)21(15)12-27-13-21)11-19-28-16-4-1-2-5-17(16)29(19)9-3-8-22(24,25)26/h6-7,10,27H,1-5,8-9,11-13H2. The van der Waals surface area contributed by atoms with Gasteiger partial charge in [-0.2, -0.15) is 13.2 Å². The van der Waals surface area contributed by atoms with Gasteiger partial charge in [-0.1, -0.05) is 6.07 Å². The normalized spacial score (nSPS) is 19.5. The molecule has 166 valence electrons. The van der Waals surface area contributed by atoms with E-state index in [1.165, 1.54) is 12.1 Å². The quantitative estimate of drug-likeness (QED) is 0.729. The van der Waals surface area contributed by atoms with E-state index in [1.54, 1.807) is 11.0 Å². The van der Waals surface area contributed by atoms with E-state index in [9.17, 15) is 22.4 Å². The summed E-state index contributed by atoms with van der Waals surface area (Å²) in [6.07, 6.45) is -1.55. The average Bonchev–Trinajstić information content (AvgIpc) is 3.14. The summed E-state index contributed by atoms with van der Waals surface area (Å²) in [4.78, 5) is 19.7. The Bertz CT molecular complexity index is 1030. The molecule has 31 heavy (non-hydrogen) atoms. The van der Waals surface area contributed by atoms with Crippen LogP contribution >= 0.6 is 0 Å². The second-order valence-corrected chi connectivity index (χ2v) is 8.74. The molecule has 1 spiro atoms. The van der Waals surface area contributed by atoms with Crippen molar-refractivity contribution >= 4 is 11.6 Å². The molecule has 1 N–H and O–H groups in total. The number of anilines is 1. The molecule has 3 aliphatic rings. The first-order valence-electron chi connectivity index (χ1n) is 10.8. The summed E-state index contributed by atoms with van der Waals surface area (Å²) in [5.41, 5.74) is 2.55. The van der Waals surface area contributed by atoms with Gasteiger partial charge in [-0.15, -0.1) is 0 Å². The molecule has 1 fully saturated rings. The summed E-state index contributed by atoms with van der Waals surface area (Å²) in [7, 11) is 0. The maximum atomic E-state index is 14.0. The Morgan fingerprint density at radius 3 is 2.65 bits per heavy atom. The van der Waals surface area contributed by atoms with Crippen LogP contribution in [-0.2, 0) is 36.1 Å². The number of hydrogen-bond acceptors (Lipinski definition) is 3. The summed E-state index contributed by atoms with van der Waals surface area (Å²) in [6.45, 7) is 1.34. The molecule has 9 heteroatoms. The molecular weight excluding hydrogens is 412 g/mol. The SMILES string of the molecule is O=C1N(Cc2nc3c(n2CCCC(F)(F)F)CCCC3)c2cc(F)ccc2C12CNC2. The third-order valence-corrected chi connectivity index (χ3v) is 6.73. The molecule has 1 amide bonds. The summed E-state index contributed by atoms with van der Waals surface area (Å²) < 4.78 is 54.1. The van der Waals surface area contributed by atoms with Crippen LogP contribution in [0.5, 0.6) is 0 Å². The molecule has 3 heterocycles. The van der Waals surface area contributed by atoms with Crippen molar-refractivity contribution < 1.29 is 22.4 Å². The number of nitrogens with zero attached hydrogens (tertiary/aromatic N) is 3. The number of nitrogens with one attached hydrogen (secondary N) is 1. The van der Waals surface area contributed by atoms with Gasteiger partial charge in [0.2, 0.25) is 5.91 Å². The van der Waals surface area contributed by atoms with Crippen LogP contribution in [-0.4, -0.2) is 34.7 Å². The fourth-order valence-corrected chi connectivity index (χ4v) is 5.11. The number of hydrogen-bond donors (Lipinski definition) is 1. The lowest BCUT2D eigenvalue weighted by Gasteiger charge is -2.38. The molecule has 2 aromatic rings. The number of halogens is 4. The summed E-state index contributed by atoms with van der Waals surface area (Å²) in [5, 5.41) is 3.14. The number of aromatic nitrogens is 2. The zero-order chi connectivity index (χ0) is 21.8. The molecule has 1 aromatic carbocycles. The number of carbonyl (C=O) groups is 1. The van der Waals surface area contributed by atoms with Crippen LogP contribution in [0.4, 0.5) is 23.2 Å². The molecule has 5 nitrogen and oxygen atoms in total. The van der Waals surface area contributed by atoms with Crippen molar-refractivity contribution in [1.82, 2.24) is 14.9 Å². The van der Waals surface area contributed by atoms with Crippen LogP contribution in [0.25, 0.3) is 0 Å². The first kappa shape index (κ1) is 20.5. The van der Waals surface area contributed by atoms with Gasteiger partial charge in [-0.3, -0.25) is 4.79 Å².